The number of rotatable bonds is 3. The molecule has 2 unspecified atom stereocenters. The number of fused-ring (bicyclic) bond motifs is 3. The molecule has 4 rings (SSSR count). The molecule has 0 fully saturated rings. The second-order valence-electron chi connectivity index (χ2n) is 8.08. The molecule has 2 atom stereocenters. The zero-order valence-corrected chi connectivity index (χ0v) is 17.9. The summed E-state index contributed by atoms with van der Waals surface area (Å²) < 4.78 is 34.2. The van der Waals surface area contributed by atoms with Crippen LogP contribution in [0.5, 0.6) is 0 Å². The topological polar surface area (TPSA) is 63.7 Å². The molecule has 1 aliphatic carbocycles. The Morgan fingerprint density at radius 1 is 1.07 bits per heavy atom. The highest BCUT2D eigenvalue weighted by Gasteiger charge is 2.60. The highest BCUT2D eigenvalue weighted by atomic mass is 32.2. The maximum absolute atomic E-state index is 13.8. The molecular formula is C23H25NO4S. The third-order valence-electron chi connectivity index (χ3n) is 6.10. The monoisotopic (exact) mass is 411 g/mol. The van der Waals surface area contributed by atoms with Crippen LogP contribution >= 0.6 is 0 Å². The van der Waals surface area contributed by atoms with Crippen molar-refractivity contribution in [3.8, 4) is 0 Å². The third kappa shape index (κ3) is 2.81. The van der Waals surface area contributed by atoms with E-state index in [2.05, 4.69) is 0 Å². The Kier molecular flexibility index (Phi) is 4.57. The van der Waals surface area contributed by atoms with Crippen molar-refractivity contribution >= 4 is 21.7 Å². The molecule has 0 saturated carbocycles. The van der Waals surface area contributed by atoms with Gasteiger partial charge in [-0.3, -0.25) is 9.10 Å². The maximum atomic E-state index is 13.8. The Bertz CT molecular complexity index is 1120. The predicted octanol–water partition coefficient (Wildman–Crippen LogP) is 4.03. The van der Waals surface area contributed by atoms with Gasteiger partial charge in [0, 0.05) is 0 Å². The van der Waals surface area contributed by atoms with Crippen LogP contribution < -0.4 is 4.31 Å². The molecule has 0 aromatic heterocycles. The molecule has 0 N–H and O–H groups in total. The second kappa shape index (κ2) is 6.73. The number of hydrogen-bond acceptors (Lipinski definition) is 4. The summed E-state index contributed by atoms with van der Waals surface area (Å²) in [7, 11) is -2.49. The minimum atomic E-state index is -3.86. The minimum absolute atomic E-state index is 0.225. The summed E-state index contributed by atoms with van der Waals surface area (Å²) >= 11 is 0. The number of carbonyl (C=O) groups is 1. The van der Waals surface area contributed by atoms with Crippen LogP contribution in [0.15, 0.2) is 59.0 Å². The van der Waals surface area contributed by atoms with Crippen molar-refractivity contribution in [3.05, 3.63) is 70.8 Å². The van der Waals surface area contributed by atoms with E-state index in [1.807, 2.05) is 45.0 Å². The fourth-order valence-corrected chi connectivity index (χ4v) is 6.42. The number of aryl methyl sites for hydroxylation is 2. The molecule has 0 amide bonds. The summed E-state index contributed by atoms with van der Waals surface area (Å²) in [4.78, 5) is 13.4. The summed E-state index contributed by atoms with van der Waals surface area (Å²) in [5, 5.41) is 0. The smallest absolute Gasteiger partial charge is 0.318 e. The Hall–Kier alpha value is -2.60. The number of esters is 1. The van der Waals surface area contributed by atoms with Crippen molar-refractivity contribution in [2.75, 3.05) is 11.4 Å². The molecule has 5 nitrogen and oxygen atoms in total. The summed E-state index contributed by atoms with van der Waals surface area (Å²) in [6.07, 6.45) is 2.93. The van der Waals surface area contributed by atoms with Gasteiger partial charge in [-0.05, 0) is 62.9 Å². The third-order valence-corrected chi connectivity index (χ3v) is 7.93. The van der Waals surface area contributed by atoms with Gasteiger partial charge in [-0.25, -0.2) is 8.42 Å². The average Bonchev–Trinajstić information content (AvgIpc) is 2.98. The van der Waals surface area contributed by atoms with Crippen LogP contribution in [0.25, 0.3) is 0 Å². The Morgan fingerprint density at radius 3 is 2.38 bits per heavy atom. The summed E-state index contributed by atoms with van der Waals surface area (Å²) in [6, 6.07) is 12.0. The number of ether oxygens (including phenoxy) is 1. The van der Waals surface area contributed by atoms with Crippen LogP contribution in [-0.4, -0.2) is 27.5 Å². The number of hydrogen-bond donors (Lipinski definition) is 0. The summed E-state index contributed by atoms with van der Waals surface area (Å²) in [5.41, 5.74) is 3.26. The maximum Gasteiger partial charge on any atom is 0.318 e. The standard InChI is InChI=1S/C23H25NO4S/c1-15-5-9-18(10-6-15)29(26,27)24-20-13-16(2)7-11-19(20)23(22(25)28-4)14-17(3)8-12-21(23)24/h5-11,13,21H,12,14H2,1-4H3. The van der Waals surface area contributed by atoms with E-state index in [1.54, 1.807) is 24.3 Å². The van der Waals surface area contributed by atoms with Gasteiger partial charge in [0.1, 0.15) is 5.41 Å². The first-order valence-corrected chi connectivity index (χ1v) is 11.1. The molecule has 2 aromatic rings. The number of methoxy groups -OCH3 is 1. The van der Waals surface area contributed by atoms with Gasteiger partial charge in [0.25, 0.3) is 10.0 Å². The fourth-order valence-electron chi connectivity index (χ4n) is 4.70. The first-order valence-electron chi connectivity index (χ1n) is 9.68. The van der Waals surface area contributed by atoms with Crippen molar-refractivity contribution in [1.29, 1.82) is 0 Å². The fraction of sp³-hybridized carbons (Fsp3) is 0.348. The lowest BCUT2D eigenvalue weighted by Crippen LogP contribution is -2.53. The highest BCUT2D eigenvalue weighted by molar-refractivity contribution is 7.93. The number of allylic oxidation sites excluding steroid dienone is 1. The van der Waals surface area contributed by atoms with E-state index < -0.39 is 21.5 Å². The molecule has 1 aliphatic heterocycles. The zero-order valence-electron chi connectivity index (χ0n) is 17.1. The molecule has 29 heavy (non-hydrogen) atoms. The van der Waals surface area contributed by atoms with Crippen LogP contribution in [-0.2, 0) is 25.0 Å². The van der Waals surface area contributed by atoms with Gasteiger partial charge in [0.15, 0.2) is 0 Å². The normalized spacial score (nSPS) is 23.2. The van der Waals surface area contributed by atoms with E-state index in [0.29, 0.717) is 18.5 Å². The van der Waals surface area contributed by atoms with E-state index >= 15 is 0 Å². The Labute approximate surface area is 172 Å². The molecular weight excluding hydrogens is 386 g/mol. The van der Waals surface area contributed by atoms with Gasteiger partial charge in [0.05, 0.1) is 23.7 Å². The lowest BCUT2D eigenvalue weighted by Gasteiger charge is -2.39. The minimum Gasteiger partial charge on any atom is -0.468 e. The van der Waals surface area contributed by atoms with Crippen LogP contribution in [0.2, 0.25) is 0 Å². The molecule has 1 heterocycles. The van der Waals surface area contributed by atoms with Gasteiger partial charge < -0.3 is 4.74 Å². The number of nitrogens with zero attached hydrogens (tertiary/aromatic N) is 1. The Balaban J connectivity index is 1.99. The molecule has 0 spiro atoms. The molecule has 2 aromatic carbocycles. The van der Waals surface area contributed by atoms with Crippen LogP contribution in [0.1, 0.15) is 36.5 Å². The van der Waals surface area contributed by atoms with E-state index in [1.165, 1.54) is 11.4 Å². The lowest BCUT2D eigenvalue weighted by atomic mass is 9.68. The summed E-state index contributed by atoms with van der Waals surface area (Å²) in [6.45, 7) is 5.82. The number of carbonyl (C=O) groups excluding carboxylic acids is 1. The molecule has 6 heteroatoms. The number of benzene rings is 2. The Morgan fingerprint density at radius 2 is 1.72 bits per heavy atom. The van der Waals surface area contributed by atoms with Crippen molar-refractivity contribution in [2.24, 2.45) is 0 Å². The SMILES string of the molecule is COC(=O)C12CC(C)=CCC1N(S(=O)(=O)c1ccc(C)cc1)c1cc(C)ccc12. The van der Waals surface area contributed by atoms with E-state index in [9.17, 15) is 13.2 Å². The van der Waals surface area contributed by atoms with E-state index in [4.69, 9.17) is 4.74 Å². The lowest BCUT2D eigenvalue weighted by molar-refractivity contribution is -0.148. The zero-order chi connectivity index (χ0) is 21.0. The number of sulfonamides is 1. The summed E-state index contributed by atoms with van der Waals surface area (Å²) in [5.74, 6) is -0.387. The molecule has 152 valence electrons. The van der Waals surface area contributed by atoms with Crippen LogP contribution in [0.3, 0.4) is 0 Å². The molecule has 0 bridgehead atoms. The highest BCUT2D eigenvalue weighted by Crippen LogP contribution is 2.54. The van der Waals surface area contributed by atoms with Crippen molar-refractivity contribution in [1.82, 2.24) is 0 Å². The quantitative estimate of drug-likeness (QED) is 0.565. The van der Waals surface area contributed by atoms with Crippen molar-refractivity contribution < 1.29 is 17.9 Å². The van der Waals surface area contributed by atoms with E-state index in [-0.39, 0.29) is 10.9 Å². The van der Waals surface area contributed by atoms with Gasteiger partial charge in [-0.2, -0.15) is 0 Å². The van der Waals surface area contributed by atoms with E-state index in [0.717, 1.165) is 22.3 Å². The molecule has 0 saturated heterocycles. The first-order chi connectivity index (χ1) is 13.7. The average molecular weight is 412 g/mol. The van der Waals surface area contributed by atoms with Gasteiger partial charge in [0.2, 0.25) is 0 Å². The van der Waals surface area contributed by atoms with Gasteiger partial charge in [-0.15, -0.1) is 0 Å². The van der Waals surface area contributed by atoms with Crippen molar-refractivity contribution in [2.45, 2.75) is 50.0 Å². The first kappa shape index (κ1) is 19.7. The molecule has 0 radical (unpaired) electrons. The van der Waals surface area contributed by atoms with Gasteiger partial charge in [-0.1, -0.05) is 41.5 Å². The van der Waals surface area contributed by atoms with Gasteiger partial charge >= 0.3 is 5.97 Å². The van der Waals surface area contributed by atoms with Crippen LogP contribution in [0, 0.1) is 13.8 Å². The predicted molar refractivity (Wildman–Crippen MR) is 112 cm³/mol. The largest absolute Gasteiger partial charge is 0.468 e. The van der Waals surface area contributed by atoms with Crippen LogP contribution in [0.4, 0.5) is 5.69 Å². The second-order valence-corrected chi connectivity index (χ2v) is 9.89. The molecule has 2 aliphatic rings. The van der Waals surface area contributed by atoms with Crippen molar-refractivity contribution in [3.63, 3.8) is 0 Å². The number of anilines is 1.